The van der Waals surface area contributed by atoms with Gasteiger partial charge in [0, 0.05) is 12.5 Å². The predicted molar refractivity (Wildman–Crippen MR) is 118 cm³/mol. The highest BCUT2D eigenvalue weighted by atomic mass is 19.4. The van der Waals surface area contributed by atoms with Gasteiger partial charge in [-0.25, -0.2) is 14.6 Å². The molecule has 2 atom stereocenters. The summed E-state index contributed by atoms with van der Waals surface area (Å²) in [5.41, 5.74) is 12.6. The van der Waals surface area contributed by atoms with Gasteiger partial charge in [-0.15, -0.1) is 0 Å². The fourth-order valence-corrected chi connectivity index (χ4v) is 2.76. The summed E-state index contributed by atoms with van der Waals surface area (Å²) in [7, 11) is 0. The summed E-state index contributed by atoms with van der Waals surface area (Å²) in [6.07, 6.45) is -1.72. The second-order valence-electron chi connectivity index (χ2n) is 7.29. The van der Waals surface area contributed by atoms with Crippen LogP contribution < -0.4 is 16.8 Å². The third kappa shape index (κ3) is 11.5. The molecule has 0 aliphatic carbocycles. The van der Waals surface area contributed by atoms with E-state index in [1.165, 1.54) is 6.26 Å². The molecule has 0 radical (unpaired) electrons. The molecule has 0 saturated heterocycles. The van der Waals surface area contributed by atoms with Gasteiger partial charge < -0.3 is 31.0 Å². The number of halogens is 3. The molecule has 2 unspecified atom stereocenters. The van der Waals surface area contributed by atoms with E-state index in [-0.39, 0.29) is 24.2 Å². The largest absolute Gasteiger partial charge is 0.490 e. The number of ether oxygens (including phenoxy) is 1. The number of esters is 1. The van der Waals surface area contributed by atoms with E-state index in [0.717, 1.165) is 5.56 Å². The van der Waals surface area contributed by atoms with Gasteiger partial charge >= 0.3 is 18.1 Å². The number of hydrogen-bond acceptors (Lipinski definition) is 8. The lowest BCUT2D eigenvalue weighted by Crippen LogP contribution is -2.47. The number of benzene rings is 1. The monoisotopic (exact) mass is 502 g/mol. The topological polar surface area (TPSA) is 171 Å². The van der Waals surface area contributed by atoms with Crippen molar-refractivity contribution in [3.05, 3.63) is 53.7 Å². The van der Waals surface area contributed by atoms with Crippen LogP contribution in [0.2, 0.25) is 0 Å². The van der Waals surface area contributed by atoms with Crippen molar-refractivity contribution in [3.8, 4) is 0 Å². The first kappa shape index (κ1) is 29.6. The van der Waals surface area contributed by atoms with Crippen LogP contribution in [0.25, 0.3) is 0 Å². The Kier molecular flexibility index (Phi) is 12.5. The minimum atomic E-state index is -5.08. The van der Waals surface area contributed by atoms with Crippen molar-refractivity contribution in [1.82, 2.24) is 10.3 Å². The Bertz CT molecular complexity index is 937. The van der Waals surface area contributed by atoms with Crippen LogP contribution in [0.1, 0.15) is 41.7 Å². The highest BCUT2D eigenvalue weighted by Crippen LogP contribution is 2.13. The summed E-state index contributed by atoms with van der Waals surface area (Å²) in [4.78, 5) is 37.3. The van der Waals surface area contributed by atoms with Gasteiger partial charge in [-0.2, -0.15) is 13.2 Å². The third-order valence-electron chi connectivity index (χ3n) is 4.43. The molecule has 35 heavy (non-hydrogen) atoms. The number of nitrogens with two attached hydrogens (primary N) is 2. The van der Waals surface area contributed by atoms with Crippen LogP contribution in [-0.2, 0) is 27.2 Å². The summed E-state index contributed by atoms with van der Waals surface area (Å²) in [6, 6.07) is 8.85. The Hall–Kier alpha value is -3.45. The average Bonchev–Trinajstić information content (AvgIpc) is 3.26. The number of carbonyl (C=O) groups excluding carboxylic acids is 2. The zero-order valence-corrected chi connectivity index (χ0v) is 19.1. The summed E-state index contributed by atoms with van der Waals surface area (Å²) >= 11 is 0. The highest BCUT2D eigenvalue weighted by molar-refractivity contribution is 5.86. The van der Waals surface area contributed by atoms with Crippen molar-refractivity contribution in [2.45, 2.75) is 50.9 Å². The van der Waals surface area contributed by atoms with E-state index in [0.29, 0.717) is 38.1 Å². The van der Waals surface area contributed by atoms with Crippen LogP contribution in [0.4, 0.5) is 13.2 Å². The van der Waals surface area contributed by atoms with Gasteiger partial charge in [-0.1, -0.05) is 30.3 Å². The number of carboxylic acid groups (broad SMARTS) is 1. The Labute approximate surface area is 199 Å². The maximum absolute atomic E-state index is 12.4. The fourth-order valence-electron chi connectivity index (χ4n) is 2.76. The molecule has 13 heteroatoms. The second kappa shape index (κ2) is 14.7. The predicted octanol–water partition coefficient (Wildman–Crippen LogP) is 1.82. The van der Waals surface area contributed by atoms with Crippen LogP contribution in [0, 0.1) is 0 Å². The molecule has 0 spiro atoms. The van der Waals surface area contributed by atoms with Gasteiger partial charge in [0.05, 0.1) is 12.6 Å². The van der Waals surface area contributed by atoms with Gasteiger partial charge in [0.15, 0.2) is 11.6 Å². The first-order valence-electron chi connectivity index (χ1n) is 10.7. The molecule has 0 aliphatic heterocycles. The molecule has 1 aromatic carbocycles. The van der Waals surface area contributed by atoms with E-state index in [2.05, 4.69) is 10.3 Å². The van der Waals surface area contributed by atoms with Crippen LogP contribution in [0.5, 0.6) is 0 Å². The second-order valence-corrected chi connectivity index (χ2v) is 7.29. The number of alkyl halides is 3. The number of hydrogen-bond donors (Lipinski definition) is 4. The Morgan fingerprint density at radius 1 is 1.20 bits per heavy atom. The number of carboxylic acids is 1. The normalized spacial score (nSPS) is 12.6. The number of nitrogens with one attached hydrogen (secondary N) is 1. The summed E-state index contributed by atoms with van der Waals surface area (Å²) in [5.74, 6) is -3.19. The van der Waals surface area contributed by atoms with E-state index in [9.17, 15) is 22.8 Å². The number of nitrogens with zero attached hydrogens (tertiary/aromatic N) is 1. The van der Waals surface area contributed by atoms with Crippen LogP contribution in [0.15, 0.2) is 41.0 Å². The number of carbonyl (C=O) groups is 3. The molecule has 1 aromatic heterocycles. The van der Waals surface area contributed by atoms with Gasteiger partial charge in [0.25, 0.3) is 0 Å². The SMILES string of the molecule is CCOC(=O)c1coc(CC(Cc2ccccc2)NC(=O)C(N)CCCN)n1.O=C(O)C(F)(F)F. The lowest BCUT2D eigenvalue weighted by atomic mass is 10.0. The zero-order valence-electron chi connectivity index (χ0n) is 19.1. The number of amides is 1. The summed E-state index contributed by atoms with van der Waals surface area (Å²) in [5, 5.41) is 10.1. The van der Waals surface area contributed by atoms with Crippen molar-refractivity contribution >= 4 is 17.8 Å². The molecular weight excluding hydrogens is 473 g/mol. The maximum Gasteiger partial charge on any atom is 0.490 e. The number of rotatable bonds is 11. The molecule has 1 amide bonds. The van der Waals surface area contributed by atoms with E-state index in [1.807, 2.05) is 30.3 Å². The molecule has 0 fully saturated rings. The molecule has 2 aromatic rings. The summed E-state index contributed by atoms with van der Waals surface area (Å²) < 4.78 is 42.0. The third-order valence-corrected chi connectivity index (χ3v) is 4.43. The Balaban J connectivity index is 0.000000762. The fraction of sp³-hybridized carbons (Fsp3) is 0.455. The van der Waals surface area contributed by atoms with Gasteiger partial charge in [-0.05, 0) is 38.3 Å². The van der Waals surface area contributed by atoms with Crippen molar-refractivity contribution in [1.29, 1.82) is 0 Å². The number of oxazole rings is 1. The van der Waals surface area contributed by atoms with E-state index in [4.69, 9.17) is 30.5 Å². The smallest absolute Gasteiger partial charge is 0.475 e. The first-order chi connectivity index (χ1) is 16.5. The lowest BCUT2D eigenvalue weighted by Gasteiger charge is -2.20. The average molecular weight is 502 g/mol. The van der Waals surface area contributed by atoms with Gasteiger partial charge in [0.2, 0.25) is 5.91 Å². The van der Waals surface area contributed by atoms with Gasteiger partial charge in [-0.3, -0.25) is 4.79 Å². The molecular formula is C22H29F3N4O6. The van der Waals surface area contributed by atoms with E-state index < -0.39 is 24.2 Å². The Morgan fingerprint density at radius 2 is 1.83 bits per heavy atom. The first-order valence-corrected chi connectivity index (χ1v) is 10.7. The van der Waals surface area contributed by atoms with Crippen LogP contribution in [-0.4, -0.2) is 59.3 Å². The Morgan fingerprint density at radius 3 is 2.37 bits per heavy atom. The van der Waals surface area contributed by atoms with Crippen LogP contribution in [0.3, 0.4) is 0 Å². The molecule has 0 saturated carbocycles. The molecule has 6 N–H and O–H groups in total. The minimum Gasteiger partial charge on any atom is -0.475 e. The maximum atomic E-state index is 12.4. The highest BCUT2D eigenvalue weighted by Gasteiger charge is 2.38. The summed E-state index contributed by atoms with van der Waals surface area (Å²) in [6.45, 7) is 2.47. The quantitative estimate of drug-likeness (QED) is 0.335. The van der Waals surface area contributed by atoms with Crippen LogP contribution >= 0.6 is 0 Å². The van der Waals surface area contributed by atoms with Crippen molar-refractivity contribution in [2.75, 3.05) is 13.2 Å². The molecule has 194 valence electrons. The van der Waals surface area contributed by atoms with E-state index in [1.54, 1.807) is 6.92 Å². The van der Waals surface area contributed by atoms with Crippen molar-refractivity contribution in [2.24, 2.45) is 11.5 Å². The van der Waals surface area contributed by atoms with Crippen molar-refractivity contribution < 1.29 is 41.8 Å². The lowest BCUT2D eigenvalue weighted by molar-refractivity contribution is -0.192. The molecule has 10 nitrogen and oxygen atoms in total. The minimum absolute atomic E-state index is 0.112. The number of aromatic nitrogens is 1. The zero-order chi connectivity index (χ0) is 26.4. The number of aliphatic carboxylic acids is 1. The standard InChI is InChI=1S/C20H28N4O4.C2HF3O2/c1-2-27-20(26)17-13-28-18(24-17)12-15(11-14-7-4-3-5-8-14)23-19(25)16(22)9-6-10-21;3-2(4,5)1(6)7/h3-5,7-8,13,15-16H,2,6,9-12,21-22H2,1H3,(H,23,25);(H,6,7). The molecule has 0 aliphatic rings. The molecule has 2 rings (SSSR count). The van der Waals surface area contributed by atoms with Crippen molar-refractivity contribution in [3.63, 3.8) is 0 Å². The van der Waals surface area contributed by atoms with Gasteiger partial charge in [0.1, 0.15) is 6.26 Å². The molecule has 0 bridgehead atoms. The molecule has 1 heterocycles. The van der Waals surface area contributed by atoms with E-state index >= 15 is 0 Å².